The zero-order valence-electron chi connectivity index (χ0n) is 15.6. The topological polar surface area (TPSA) is 34.0 Å². The van der Waals surface area contributed by atoms with Crippen LogP contribution in [0.2, 0.25) is 10.0 Å². The van der Waals surface area contributed by atoms with Crippen LogP contribution in [0.4, 0.5) is 10.1 Å². The summed E-state index contributed by atoms with van der Waals surface area (Å²) in [6, 6.07) is 17.8. The summed E-state index contributed by atoms with van der Waals surface area (Å²) in [7, 11) is 0. The van der Waals surface area contributed by atoms with Crippen LogP contribution in [-0.2, 0) is 11.3 Å². The van der Waals surface area contributed by atoms with E-state index in [9.17, 15) is 9.18 Å². The summed E-state index contributed by atoms with van der Waals surface area (Å²) in [5.41, 5.74) is 4.29. The van der Waals surface area contributed by atoms with E-state index in [1.807, 2.05) is 47.2 Å². The van der Waals surface area contributed by atoms with E-state index in [4.69, 9.17) is 23.2 Å². The van der Waals surface area contributed by atoms with Crippen molar-refractivity contribution in [3.63, 3.8) is 0 Å². The van der Waals surface area contributed by atoms with E-state index < -0.39 is 0 Å². The number of anilines is 1. The molecule has 3 aromatic carbocycles. The Morgan fingerprint density at radius 1 is 1.03 bits per heavy atom. The van der Waals surface area contributed by atoms with Gasteiger partial charge in [0.05, 0.1) is 12.2 Å². The van der Waals surface area contributed by atoms with Gasteiger partial charge in [-0.15, -0.1) is 0 Å². The molecule has 5 rings (SSSR count). The van der Waals surface area contributed by atoms with Gasteiger partial charge in [0.25, 0.3) is 5.91 Å². The largest absolute Gasteiger partial charge is 0.342 e. The van der Waals surface area contributed by atoms with Gasteiger partial charge in [-0.3, -0.25) is 4.79 Å². The first-order valence-electron chi connectivity index (χ1n) is 9.35. The van der Waals surface area contributed by atoms with Gasteiger partial charge in [0.1, 0.15) is 5.82 Å². The van der Waals surface area contributed by atoms with Gasteiger partial charge in [-0.1, -0.05) is 53.5 Å². The second-order valence-electron chi connectivity index (χ2n) is 7.13. The van der Waals surface area contributed by atoms with E-state index in [1.165, 1.54) is 6.07 Å². The maximum Gasteiger partial charge on any atom is 0.256 e. The summed E-state index contributed by atoms with van der Waals surface area (Å²) in [4.78, 5) is 12.6. The van der Waals surface area contributed by atoms with Crippen molar-refractivity contribution in [2.45, 2.75) is 6.54 Å². The third-order valence-corrected chi connectivity index (χ3v) is 5.86. The number of nitrogens with one attached hydrogen (secondary N) is 1. The molecule has 0 unspecified atom stereocenters. The minimum Gasteiger partial charge on any atom is -0.342 e. The second kappa shape index (κ2) is 7.31. The van der Waals surface area contributed by atoms with Crippen LogP contribution in [0, 0.1) is 5.82 Å². The quantitative estimate of drug-likeness (QED) is 0.359. The smallest absolute Gasteiger partial charge is 0.256 e. The molecule has 0 aliphatic carbocycles. The van der Waals surface area contributed by atoms with E-state index in [1.54, 1.807) is 24.3 Å². The molecule has 0 bridgehead atoms. The van der Waals surface area contributed by atoms with Crippen molar-refractivity contribution >= 4 is 57.3 Å². The lowest BCUT2D eigenvalue weighted by molar-refractivity contribution is -0.110. The Labute approximate surface area is 182 Å². The summed E-state index contributed by atoms with van der Waals surface area (Å²) in [5.74, 6) is -0.526. The van der Waals surface area contributed by atoms with Crippen LogP contribution in [0.15, 0.2) is 66.9 Å². The molecule has 0 saturated carbocycles. The minimum atomic E-state index is -0.346. The van der Waals surface area contributed by atoms with Gasteiger partial charge in [0.15, 0.2) is 0 Å². The average Bonchev–Trinajstić information content (AvgIpc) is 3.22. The second-order valence-corrected chi connectivity index (χ2v) is 7.98. The monoisotopic (exact) mass is 436 g/mol. The normalized spacial score (nSPS) is 14.4. The van der Waals surface area contributed by atoms with Gasteiger partial charge in [0, 0.05) is 49.4 Å². The first kappa shape index (κ1) is 18.9. The van der Waals surface area contributed by atoms with Gasteiger partial charge >= 0.3 is 0 Å². The third kappa shape index (κ3) is 3.18. The van der Waals surface area contributed by atoms with Gasteiger partial charge in [-0.2, -0.15) is 0 Å². The molecule has 148 valence electrons. The molecule has 0 radical (unpaired) electrons. The summed E-state index contributed by atoms with van der Waals surface area (Å²) in [6.45, 7) is 0.285. The lowest BCUT2D eigenvalue weighted by Crippen LogP contribution is -2.03. The van der Waals surface area contributed by atoms with Crippen molar-refractivity contribution in [3.8, 4) is 0 Å². The fraction of sp³-hybridized carbons (Fsp3) is 0.0417. The van der Waals surface area contributed by atoms with Crippen LogP contribution in [0.3, 0.4) is 0 Å². The third-order valence-electron chi connectivity index (χ3n) is 5.27. The van der Waals surface area contributed by atoms with Crippen molar-refractivity contribution in [1.82, 2.24) is 4.57 Å². The lowest BCUT2D eigenvalue weighted by atomic mass is 10.0. The van der Waals surface area contributed by atoms with Crippen molar-refractivity contribution in [3.05, 3.63) is 99.4 Å². The van der Waals surface area contributed by atoms with Gasteiger partial charge in [-0.05, 0) is 36.4 Å². The Bertz CT molecular complexity index is 1340. The van der Waals surface area contributed by atoms with Crippen molar-refractivity contribution < 1.29 is 9.18 Å². The number of amides is 1. The maximum atomic E-state index is 14.3. The molecule has 3 nitrogen and oxygen atoms in total. The Morgan fingerprint density at radius 2 is 1.87 bits per heavy atom. The number of hydrogen-bond acceptors (Lipinski definition) is 1. The summed E-state index contributed by atoms with van der Waals surface area (Å²) in [5, 5.41) is 4.76. The molecule has 0 spiro atoms. The molecule has 4 aromatic rings. The zero-order valence-corrected chi connectivity index (χ0v) is 17.1. The standard InChI is InChI=1S/C24H15Cl2FN2O/c25-15-8-9-17-18(24(30)28-22(17)11-15)10-14-12-29(23-7-2-1-4-16(14)23)13-19-20(26)5-3-6-21(19)27/h1-12H,13H2,(H,28,30)/b18-10+. The number of rotatable bonds is 3. The lowest BCUT2D eigenvalue weighted by Gasteiger charge is -2.08. The molecule has 6 heteroatoms. The van der Waals surface area contributed by atoms with Gasteiger partial charge in [-0.25, -0.2) is 4.39 Å². The Kier molecular flexibility index (Phi) is 4.61. The van der Waals surface area contributed by atoms with Crippen molar-refractivity contribution in [1.29, 1.82) is 0 Å². The number of carbonyl (C=O) groups excluding carboxylic acids is 1. The van der Waals surface area contributed by atoms with Crippen LogP contribution in [0.5, 0.6) is 0 Å². The van der Waals surface area contributed by atoms with Crippen LogP contribution in [-0.4, -0.2) is 10.5 Å². The number of para-hydroxylation sites is 1. The number of carbonyl (C=O) groups is 1. The molecule has 1 amide bonds. The highest BCUT2D eigenvalue weighted by molar-refractivity contribution is 6.37. The highest BCUT2D eigenvalue weighted by atomic mass is 35.5. The molecule has 0 fully saturated rings. The predicted octanol–water partition coefficient (Wildman–Crippen LogP) is 6.63. The first-order chi connectivity index (χ1) is 14.5. The molecular formula is C24H15Cl2FN2O. The SMILES string of the molecule is O=C1Nc2cc(Cl)ccc2/C1=C\c1cn(Cc2c(F)cccc2Cl)c2ccccc12. The van der Waals surface area contributed by atoms with Crippen molar-refractivity contribution in [2.75, 3.05) is 5.32 Å². The van der Waals surface area contributed by atoms with Crippen molar-refractivity contribution in [2.24, 2.45) is 0 Å². The Morgan fingerprint density at radius 3 is 2.70 bits per heavy atom. The number of aromatic nitrogens is 1. The van der Waals surface area contributed by atoms with Crippen LogP contribution >= 0.6 is 23.2 Å². The summed E-state index contributed by atoms with van der Waals surface area (Å²) >= 11 is 12.3. The zero-order chi connectivity index (χ0) is 20.8. The maximum absolute atomic E-state index is 14.3. The Balaban J connectivity index is 1.64. The van der Waals surface area contributed by atoms with Crippen LogP contribution < -0.4 is 5.32 Å². The molecule has 1 aliphatic rings. The average molecular weight is 437 g/mol. The van der Waals surface area contributed by atoms with E-state index in [2.05, 4.69) is 5.32 Å². The fourth-order valence-electron chi connectivity index (χ4n) is 3.84. The highest BCUT2D eigenvalue weighted by Crippen LogP contribution is 2.36. The molecule has 2 heterocycles. The number of halogens is 3. The molecule has 0 atom stereocenters. The highest BCUT2D eigenvalue weighted by Gasteiger charge is 2.24. The van der Waals surface area contributed by atoms with Gasteiger partial charge in [0.2, 0.25) is 0 Å². The predicted molar refractivity (Wildman–Crippen MR) is 120 cm³/mol. The molecular weight excluding hydrogens is 422 g/mol. The molecule has 0 saturated heterocycles. The number of fused-ring (bicyclic) bond motifs is 2. The van der Waals surface area contributed by atoms with Crippen LogP contribution in [0.1, 0.15) is 16.7 Å². The summed E-state index contributed by atoms with van der Waals surface area (Å²) < 4.78 is 16.3. The minimum absolute atomic E-state index is 0.179. The van der Waals surface area contributed by atoms with E-state index in [0.29, 0.717) is 26.9 Å². The number of benzene rings is 3. The summed E-state index contributed by atoms with van der Waals surface area (Å²) in [6.07, 6.45) is 3.78. The molecule has 1 aromatic heterocycles. The number of nitrogens with zero attached hydrogens (tertiary/aromatic N) is 1. The Hall–Kier alpha value is -3.08. The molecule has 30 heavy (non-hydrogen) atoms. The molecule has 1 aliphatic heterocycles. The fourth-order valence-corrected chi connectivity index (χ4v) is 4.24. The first-order valence-corrected chi connectivity index (χ1v) is 10.1. The molecule has 1 N–H and O–H groups in total. The van der Waals surface area contributed by atoms with E-state index >= 15 is 0 Å². The van der Waals surface area contributed by atoms with E-state index in [-0.39, 0.29) is 18.3 Å². The van der Waals surface area contributed by atoms with Gasteiger partial charge < -0.3 is 9.88 Å². The number of hydrogen-bond donors (Lipinski definition) is 1. The van der Waals surface area contributed by atoms with Crippen LogP contribution in [0.25, 0.3) is 22.6 Å². The van der Waals surface area contributed by atoms with E-state index in [0.717, 1.165) is 22.0 Å².